The van der Waals surface area contributed by atoms with Gasteiger partial charge in [0.15, 0.2) is 0 Å². The molecule has 2 aromatic carbocycles. The van der Waals surface area contributed by atoms with Crippen molar-refractivity contribution in [1.29, 1.82) is 0 Å². The van der Waals surface area contributed by atoms with Gasteiger partial charge in [0.25, 0.3) is 5.69 Å². The molecule has 10 nitrogen and oxygen atoms in total. The van der Waals surface area contributed by atoms with Gasteiger partial charge in [-0.2, -0.15) is 5.10 Å². The third-order valence-corrected chi connectivity index (χ3v) is 5.08. The molecule has 0 saturated heterocycles. The van der Waals surface area contributed by atoms with Crippen LogP contribution in [0.1, 0.15) is 18.5 Å². The van der Waals surface area contributed by atoms with E-state index in [2.05, 4.69) is 15.7 Å². The van der Waals surface area contributed by atoms with Crippen molar-refractivity contribution in [3.63, 3.8) is 0 Å². The van der Waals surface area contributed by atoms with E-state index in [1.165, 1.54) is 19.2 Å². The first-order chi connectivity index (χ1) is 15.4. The summed E-state index contributed by atoms with van der Waals surface area (Å²) in [5, 5.41) is 21.3. The van der Waals surface area contributed by atoms with Crippen molar-refractivity contribution in [1.82, 2.24) is 20.4 Å². The van der Waals surface area contributed by atoms with Crippen LogP contribution in [-0.4, -0.2) is 33.8 Å². The van der Waals surface area contributed by atoms with Gasteiger partial charge in [0.1, 0.15) is 0 Å². The third kappa shape index (κ3) is 3.81. The van der Waals surface area contributed by atoms with E-state index in [1.54, 1.807) is 29.9 Å². The van der Waals surface area contributed by atoms with Crippen LogP contribution in [0.25, 0.3) is 16.9 Å². The quantitative estimate of drug-likeness (QED) is 0.361. The molecule has 2 heterocycles. The minimum absolute atomic E-state index is 0.100. The Morgan fingerprint density at radius 3 is 2.62 bits per heavy atom. The molecule has 1 atom stereocenters. The van der Waals surface area contributed by atoms with Gasteiger partial charge in [0.2, 0.25) is 0 Å². The highest BCUT2D eigenvalue weighted by Gasteiger charge is 2.35. The number of para-hydroxylation sites is 1. The van der Waals surface area contributed by atoms with Crippen LogP contribution in [0.2, 0.25) is 0 Å². The Hall–Kier alpha value is -4.47. The van der Waals surface area contributed by atoms with E-state index >= 15 is 0 Å². The van der Waals surface area contributed by atoms with E-state index in [1.807, 2.05) is 30.3 Å². The van der Waals surface area contributed by atoms with Crippen LogP contribution in [0, 0.1) is 10.1 Å². The number of methoxy groups -OCH3 is 1. The molecule has 0 fully saturated rings. The highest BCUT2D eigenvalue weighted by molar-refractivity contribution is 5.95. The van der Waals surface area contributed by atoms with Crippen LogP contribution < -0.4 is 10.6 Å². The summed E-state index contributed by atoms with van der Waals surface area (Å²) in [4.78, 5) is 35.6. The topological polar surface area (TPSA) is 128 Å². The van der Waals surface area contributed by atoms with Crippen LogP contribution in [-0.2, 0) is 9.53 Å². The van der Waals surface area contributed by atoms with Crippen molar-refractivity contribution in [3.8, 4) is 16.9 Å². The molecule has 0 aliphatic carbocycles. The lowest BCUT2D eigenvalue weighted by Crippen LogP contribution is -2.45. The number of ether oxygens (including phenoxy) is 1. The highest BCUT2D eigenvalue weighted by Crippen LogP contribution is 2.35. The van der Waals surface area contributed by atoms with Crippen LogP contribution in [0.5, 0.6) is 0 Å². The second-order valence-corrected chi connectivity index (χ2v) is 7.08. The zero-order chi connectivity index (χ0) is 22.8. The predicted molar refractivity (Wildman–Crippen MR) is 115 cm³/mol. The number of amides is 2. The van der Waals surface area contributed by atoms with Crippen molar-refractivity contribution >= 4 is 17.7 Å². The molecule has 162 valence electrons. The molecule has 2 N–H and O–H groups in total. The molecule has 10 heteroatoms. The van der Waals surface area contributed by atoms with Crippen molar-refractivity contribution in [2.45, 2.75) is 13.0 Å². The molecular formula is C22H19N5O5. The van der Waals surface area contributed by atoms with E-state index in [4.69, 9.17) is 4.74 Å². The summed E-state index contributed by atoms with van der Waals surface area (Å²) in [6.07, 6.45) is 1.69. The van der Waals surface area contributed by atoms with Crippen molar-refractivity contribution < 1.29 is 19.2 Å². The Labute approximate surface area is 182 Å². The van der Waals surface area contributed by atoms with Gasteiger partial charge in [-0.05, 0) is 19.1 Å². The SMILES string of the molecule is COC(=O)C1=C(C)NC(=O)NC1c1cn(-c2ccccc2)nc1-c1cccc([N+](=O)[O-])c1. The first kappa shape index (κ1) is 20.8. The van der Waals surface area contributed by atoms with Gasteiger partial charge < -0.3 is 15.4 Å². The lowest BCUT2D eigenvalue weighted by molar-refractivity contribution is -0.384. The number of aromatic nitrogens is 2. The van der Waals surface area contributed by atoms with Crippen molar-refractivity contribution in [2.24, 2.45) is 0 Å². The molecule has 32 heavy (non-hydrogen) atoms. The number of nitro benzene ring substituents is 1. The molecule has 1 aromatic heterocycles. The standard InChI is InChI=1S/C22H19N5O5/c1-13-18(21(28)32-2)20(24-22(29)23-13)17-12-26(15-8-4-3-5-9-15)25-19(17)14-7-6-10-16(11-14)27(30)31/h3-12,20H,1-2H3,(H2,23,24,29). The first-order valence-electron chi connectivity index (χ1n) is 9.65. The van der Waals surface area contributed by atoms with E-state index in [0.717, 1.165) is 5.69 Å². The smallest absolute Gasteiger partial charge is 0.337 e. The van der Waals surface area contributed by atoms with Crippen molar-refractivity contribution in [3.05, 3.63) is 87.7 Å². The minimum atomic E-state index is -0.872. The minimum Gasteiger partial charge on any atom is -0.466 e. The second kappa shape index (κ2) is 8.34. The van der Waals surface area contributed by atoms with Crippen molar-refractivity contribution in [2.75, 3.05) is 7.11 Å². The maximum atomic E-state index is 12.5. The zero-order valence-electron chi connectivity index (χ0n) is 17.2. The molecule has 4 rings (SSSR count). The molecule has 0 radical (unpaired) electrons. The monoisotopic (exact) mass is 433 g/mol. The third-order valence-electron chi connectivity index (χ3n) is 5.08. The molecule has 3 aromatic rings. The summed E-state index contributed by atoms with van der Waals surface area (Å²) in [6, 6.07) is 13.9. The van der Waals surface area contributed by atoms with Crippen LogP contribution in [0.3, 0.4) is 0 Å². The fourth-order valence-electron chi connectivity index (χ4n) is 3.61. The summed E-state index contributed by atoms with van der Waals surface area (Å²) in [7, 11) is 1.25. The molecule has 1 aliphatic rings. The fourth-order valence-corrected chi connectivity index (χ4v) is 3.61. The molecule has 1 aliphatic heterocycles. The number of hydrogen-bond donors (Lipinski definition) is 2. The molecule has 1 unspecified atom stereocenters. The lowest BCUT2D eigenvalue weighted by Gasteiger charge is -2.27. The zero-order valence-corrected chi connectivity index (χ0v) is 17.2. The number of rotatable bonds is 5. The second-order valence-electron chi connectivity index (χ2n) is 7.08. The van der Waals surface area contributed by atoms with Crippen LogP contribution in [0.15, 0.2) is 72.1 Å². The number of nitrogens with one attached hydrogen (secondary N) is 2. The number of esters is 1. The number of urea groups is 1. The van der Waals surface area contributed by atoms with Crippen LogP contribution in [0.4, 0.5) is 10.5 Å². The van der Waals surface area contributed by atoms with E-state index < -0.39 is 23.0 Å². The number of benzene rings is 2. The Morgan fingerprint density at radius 2 is 1.94 bits per heavy atom. The molecular weight excluding hydrogens is 414 g/mol. The maximum Gasteiger partial charge on any atom is 0.337 e. The normalized spacial score (nSPS) is 15.7. The van der Waals surface area contributed by atoms with Gasteiger partial charge in [-0.25, -0.2) is 14.3 Å². The number of carbonyl (C=O) groups is 2. The van der Waals surface area contributed by atoms with Gasteiger partial charge in [-0.15, -0.1) is 0 Å². The van der Waals surface area contributed by atoms with E-state index in [0.29, 0.717) is 22.5 Å². The summed E-state index contributed by atoms with van der Waals surface area (Å²) in [5.74, 6) is -0.613. The number of nitrogens with zero attached hydrogens (tertiary/aromatic N) is 3. The first-order valence-corrected chi connectivity index (χ1v) is 9.65. The van der Waals surface area contributed by atoms with Gasteiger partial charge in [0.05, 0.1) is 35.0 Å². The molecule has 0 spiro atoms. The highest BCUT2D eigenvalue weighted by atomic mass is 16.6. The Morgan fingerprint density at radius 1 is 1.19 bits per heavy atom. The number of non-ortho nitro benzene ring substituents is 1. The largest absolute Gasteiger partial charge is 0.466 e. The Bertz CT molecular complexity index is 1250. The van der Waals surface area contributed by atoms with Gasteiger partial charge >= 0.3 is 12.0 Å². The summed E-state index contributed by atoms with van der Waals surface area (Å²) in [6.45, 7) is 1.60. The predicted octanol–water partition coefficient (Wildman–Crippen LogP) is 3.25. The fraction of sp³-hybridized carbons (Fsp3) is 0.136. The van der Waals surface area contributed by atoms with Gasteiger partial charge in [-0.1, -0.05) is 30.3 Å². The van der Waals surface area contributed by atoms with Gasteiger partial charge in [0, 0.05) is 35.2 Å². The van der Waals surface area contributed by atoms with Crippen LogP contribution >= 0.6 is 0 Å². The number of allylic oxidation sites excluding steroid dienone is 1. The number of nitro groups is 1. The Kier molecular flexibility index (Phi) is 5.42. The number of hydrogen-bond acceptors (Lipinski definition) is 6. The summed E-state index contributed by atoms with van der Waals surface area (Å²) >= 11 is 0. The Balaban J connectivity index is 1.94. The summed E-state index contributed by atoms with van der Waals surface area (Å²) in [5.41, 5.74) is 2.55. The molecule has 0 saturated carbocycles. The lowest BCUT2D eigenvalue weighted by atomic mass is 9.93. The average molecular weight is 433 g/mol. The molecule has 2 amide bonds. The average Bonchev–Trinajstić information content (AvgIpc) is 3.24. The molecule has 0 bridgehead atoms. The van der Waals surface area contributed by atoms with E-state index in [-0.39, 0.29) is 11.3 Å². The number of carbonyl (C=O) groups excluding carboxylic acids is 2. The maximum absolute atomic E-state index is 12.5. The van der Waals surface area contributed by atoms with Gasteiger partial charge in [-0.3, -0.25) is 10.1 Å². The summed E-state index contributed by atoms with van der Waals surface area (Å²) < 4.78 is 6.53. The van der Waals surface area contributed by atoms with E-state index in [9.17, 15) is 19.7 Å².